The van der Waals surface area contributed by atoms with E-state index < -0.39 is 27.2 Å². The van der Waals surface area contributed by atoms with E-state index in [1.54, 1.807) is 23.6 Å². The second-order valence-corrected chi connectivity index (χ2v) is 9.33. The minimum Gasteiger partial charge on any atom is -0.487 e. The molecule has 5 nitrogen and oxygen atoms in total. The van der Waals surface area contributed by atoms with E-state index in [1.165, 1.54) is 29.0 Å². The normalized spacial score (nSPS) is 12.2. The van der Waals surface area contributed by atoms with Gasteiger partial charge in [0.25, 0.3) is 0 Å². The molecular weight excluding hydrogens is 487 g/mol. The molecule has 3 aromatic carbocycles. The van der Waals surface area contributed by atoms with E-state index in [2.05, 4.69) is 4.98 Å². The Morgan fingerprint density at radius 1 is 1.03 bits per heavy atom. The third-order valence-electron chi connectivity index (χ3n) is 4.49. The number of ether oxygens (including phenoxy) is 1. The summed E-state index contributed by atoms with van der Waals surface area (Å²) < 4.78 is 94.8. The fourth-order valence-corrected chi connectivity index (χ4v) is 4.35. The maximum absolute atomic E-state index is 14.0. The van der Waals surface area contributed by atoms with Crippen LogP contribution in [0.5, 0.6) is 5.75 Å². The summed E-state index contributed by atoms with van der Waals surface area (Å²) in [4.78, 5) is 4.29. The molecule has 33 heavy (non-hydrogen) atoms. The second-order valence-electron chi connectivity index (χ2n) is 6.80. The number of benzene rings is 3. The third-order valence-corrected chi connectivity index (χ3v) is 6.52. The van der Waals surface area contributed by atoms with E-state index in [0.29, 0.717) is 27.2 Å². The van der Waals surface area contributed by atoms with Gasteiger partial charge in [0.15, 0.2) is 0 Å². The number of nitrogens with one attached hydrogen (secondary N) is 1. The number of hydrogen-bond acceptors (Lipinski definition) is 5. The van der Waals surface area contributed by atoms with E-state index in [-0.39, 0.29) is 17.9 Å². The zero-order valence-corrected chi connectivity index (χ0v) is 18.0. The average molecular weight is 500 g/mol. The molecule has 1 N–H and O–H groups in total. The molecule has 1 heterocycles. The van der Waals surface area contributed by atoms with Crippen molar-refractivity contribution >= 4 is 37.8 Å². The van der Waals surface area contributed by atoms with Crippen LogP contribution in [0.25, 0.3) is 21.3 Å². The van der Waals surface area contributed by atoms with Crippen molar-refractivity contribution in [3.63, 3.8) is 0 Å². The summed E-state index contributed by atoms with van der Waals surface area (Å²) in [6.45, 7) is 0.0148. The van der Waals surface area contributed by atoms with Crippen molar-refractivity contribution in [2.45, 2.75) is 12.1 Å². The zero-order chi connectivity index (χ0) is 23.8. The predicted octanol–water partition coefficient (Wildman–Crippen LogP) is 6.08. The quantitative estimate of drug-likeness (QED) is 0.326. The van der Waals surface area contributed by atoms with Gasteiger partial charge in [-0.2, -0.15) is 21.6 Å². The maximum Gasteiger partial charge on any atom is 0.516 e. The van der Waals surface area contributed by atoms with Crippen LogP contribution in [0.1, 0.15) is 5.69 Å². The van der Waals surface area contributed by atoms with Crippen molar-refractivity contribution < 1.29 is 35.1 Å². The van der Waals surface area contributed by atoms with Crippen LogP contribution < -0.4 is 9.46 Å². The van der Waals surface area contributed by atoms with E-state index >= 15 is 0 Å². The Bertz CT molecular complexity index is 1440. The van der Waals surface area contributed by atoms with Gasteiger partial charge in [0.1, 0.15) is 29.0 Å². The van der Waals surface area contributed by atoms with Gasteiger partial charge < -0.3 is 4.74 Å². The van der Waals surface area contributed by atoms with Crippen LogP contribution in [-0.2, 0) is 16.6 Å². The minimum absolute atomic E-state index is 0.0148. The van der Waals surface area contributed by atoms with Crippen LogP contribution in [0.2, 0.25) is 0 Å². The molecule has 0 unspecified atom stereocenters. The van der Waals surface area contributed by atoms with Crippen LogP contribution >= 0.6 is 11.3 Å². The lowest BCUT2D eigenvalue weighted by atomic mass is 10.1. The molecule has 0 saturated carbocycles. The zero-order valence-electron chi connectivity index (χ0n) is 16.4. The number of aromatic nitrogens is 1. The van der Waals surface area contributed by atoms with Gasteiger partial charge in [-0.15, -0.1) is 11.3 Å². The minimum atomic E-state index is -5.54. The molecule has 0 aliphatic carbocycles. The Balaban J connectivity index is 1.52. The van der Waals surface area contributed by atoms with Crippen LogP contribution in [0.3, 0.4) is 0 Å². The highest BCUT2D eigenvalue weighted by atomic mass is 32.2. The average Bonchev–Trinajstić information content (AvgIpc) is 3.19. The third kappa shape index (κ3) is 4.91. The number of hydrogen-bond donors (Lipinski definition) is 1. The molecule has 0 aliphatic heterocycles. The number of fused-ring (bicyclic) bond motifs is 1. The highest BCUT2D eigenvalue weighted by molar-refractivity contribution is 7.93. The van der Waals surface area contributed by atoms with Crippen molar-refractivity contribution in [2.75, 3.05) is 4.72 Å². The van der Waals surface area contributed by atoms with Crippen LogP contribution in [-0.4, -0.2) is 18.9 Å². The van der Waals surface area contributed by atoms with Gasteiger partial charge in [0.2, 0.25) is 0 Å². The van der Waals surface area contributed by atoms with Gasteiger partial charge in [0, 0.05) is 28.1 Å². The standard InChI is InChI=1S/C21H13F5N2O3S2/c22-13-4-6-17(18(23)9-13)20-27-15(11-32-20)10-31-19-3-1-2-12-8-14(5-7-16(12)19)28-33(29,30)21(24,25)26/h1-9,11,28H,10H2. The van der Waals surface area contributed by atoms with Crippen LogP contribution in [0.15, 0.2) is 60.0 Å². The molecule has 1 aromatic heterocycles. The molecule has 0 atom stereocenters. The molecule has 0 amide bonds. The van der Waals surface area contributed by atoms with Crippen molar-refractivity contribution in [1.82, 2.24) is 4.98 Å². The van der Waals surface area contributed by atoms with E-state index in [9.17, 15) is 30.4 Å². The van der Waals surface area contributed by atoms with Gasteiger partial charge in [-0.1, -0.05) is 12.1 Å². The molecule has 0 radical (unpaired) electrons. The van der Waals surface area contributed by atoms with Crippen LogP contribution in [0.4, 0.5) is 27.6 Å². The Labute approximate surface area is 188 Å². The summed E-state index contributed by atoms with van der Waals surface area (Å²) in [7, 11) is -5.54. The first kappa shape index (κ1) is 22.9. The lowest BCUT2D eigenvalue weighted by Crippen LogP contribution is -2.29. The topological polar surface area (TPSA) is 68.3 Å². The first-order valence-corrected chi connectivity index (χ1v) is 11.5. The smallest absolute Gasteiger partial charge is 0.487 e. The first-order chi connectivity index (χ1) is 15.5. The van der Waals surface area contributed by atoms with Gasteiger partial charge in [-0.25, -0.2) is 13.8 Å². The van der Waals surface area contributed by atoms with Crippen molar-refractivity contribution in [3.8, 4) is 16.3 Å². The van der Waals surface area contributed by atoms with Crippen molar-refractivity contribution in [1.29, 1.82) is 0 Å². The summed E-state index contributed by atoms with van der Waals surface area (Å²) >= 11 is 1.16. The fraction of sp³-hybridized carbons (Fsp3) is 0.0952. The van der Waals surface area contributed by atoms with Crippen molar-refractivity contribution in [3.05, 3.63) is 77.3 Å². The molecule has 4 aromatic rings. The summed E-state index contributed by atoms with van der Waals surface area (Å²) in [5, 5.41) is 2.99. The lowest BCUT2D eigenvalue weighted by Gasteiger charge is -2.12. The number of rotatable bonds is 6. The molecular formula is C21H13F5N2O3S2. The summed E-state index contributed by atoms with van der Waals surface area (Å²) in [5.41, 5.74) is -5.03. The second kappa shape index (κ2) is 8.60. The van der Waals surface area contributed by atoms with Gasteiger partial charge in [0.05, 0.1) is 5.69 Å². The molecule has 0 bridgehead atoms. The monoisotopic (exact) mass is 500 g/mol. The van der Waals surface area contributed by atoms with E-state index in [1.807, 2.05) is 0 Å². The Morgan fingerprint density at radius 2 is 1.82 bits per heavy atom. The van der Waals surface area contributed by atoms with E-state index in [0.717, 1.165) is 23.5 Å². The van der Waals surface area contributed by atoms with E-state index in [4.69, 9.17) is 4.74 Å². The Hall–Kier alpha value is -3.25. The molecule has 0 saturated heterocycles. The number of alkyl halides is 3. The highest BCUT2D eigenvalue weighted by Crippen LogP contribution is 2.32. The van der Waals surface area contributed by atoms with Crippen molar-refractivity contribution in [2.24, 2.45) is 0 Å². The number of anilines is 1. The molecule has 4 rings (SSSR count). The SMILES string of the molecule is O=S(=O)(Nc1ccc2c(OCc3csc(-c4ccc(F)cc4F)n3)cccc2c1)C(F)(F)F. The molecule has 0 aliphatic rings. The number of halogens is 5. The first-order valence-electron chi connectivity index (χ1n) is 9.18. The predicted molar refractivity (Wildman–Crippen MR) is 114 cm³/mol. The number of nitrogens with zero attached hydrogens (tertiary/aromatic N) is 1. The van der Waals surface area contributed by atoms with Gasteiger partial charge in [-0.3, -0.25) is 4.72 Å². The summed E-state index contributed by atoms with van der Waals surface area (Å²) in [5.74, 6) is -1.04. The fourth-order valence-electron chi connectivity index (χ4n) is 2.97. The van der Waals surface area contributed by atoms with Gasteiger partial charge in [-0.05, 0) is 41.8 Å². The highest BCUT2D eigenvalue weighted by Gasteiger charge is 2.46. The van der Waals surface area contributed by atoms with Gasteiger partial charge >= 0.3 is 15.5 Å². The summed E-state index contributed by atoms with van der Waals surface area (Å²) in [6, 6.07) is 11.9. The molecule has 172 valence electrons. The van der Waals surface area contributed by atoms with Crippen LogP contribution in [0, 0.1) is 11.6 Å². The number of thiazole rings is 1. The largest absolute Gasteiger partial charge is 0.516 e. The molecule has 0 spiro atoms. The Morgan fingerprint density at radius 3 is 2.55 bits per heavy atom. The number of sulfonamides is 1. The molecule has 0 fully saturated rings. The summed E-state index contributed by atoms with van der Waals surface area (Å²) in [6.07, 6.45) is 0. The molecule has 12 heteroatoms. The maximum atomic E-state index is 14.0. The lowest BCUT2D eigenvalue weighted by molar-refractivity contribution is -0.0429. The Kier molecular flexibility index (Phi) is 5.97.